The van der Waals surface area contributed by atoms with Crippen LogP contribution in [0.1, 0.15) is 16.7 Å². The monoisotopic (exact) mass is 363 g/mol. The zero-order valence-corrected chi connectivity index (χ0v) is 15.3. The molecule has 0 saturated carbocycles. The highest BCUT2D eigenvalue weighted by atomic mass is 16.3. The first kappa shape index (κ1) is 17.1. The summed E-state index contributed by atoms with van der Waals surface area (Å²) >= 11 is 0. The van der Waals surface area contributed by atoms with Gasteiger partial charge in [-0.3, -0.25) is 9.69 Å². The van der Waals surface area contributed by atoms with E-state index in [1.54, 1.807) is 11.2 Å². The van der Waals surface area contributed by atoms with Gasteiger partial charge in [-0.25, -0.2) is 4.79 Å². The van der Waals surface area contributed by atoms with Crippen molar-refractivity contribution in [2.45, 2.75) is 20.3 Å². The summed E-state index contributed by atoms with van der Waals surface area (Å²) in [5.74, 6) is -0.126. The molecule has 0 radical (unpaired) electrons. The van der Waals surface area contributed by atoms with E-state index in [1.807, 2.05) is 44.2 Å². The maximum absolute atomic E-state index is 12.5. The second kappa shape index (κ2) is 6.79. The zero-order valence-electron chi connectivity index (χ0n) is 15.3. The fourth-order valence-electron chi connectivity index (χ4n) is 3.32. The molecule has 27 heavy (non-hydrogen) atoms. The van der Waals surface area contributed by atoms with Gasteiger partial charge in [0.1, 0.15) is 5.58 Å². The first-order valence-electron chi connectivity index (χ1n) is 8.94. The minimum Gasteiger partial charge on any atom is -0.464 e. The van der Waals surface area contributed by atoms with Crippen molar-refractivity contribution in [1.29, 1.82) is 0 Å². The Hall–Kier alpha value is -3.28. The van der Waals surface area contributed by atoms with E-state index in [0.717, 1.165) is 27.8 Å². The summed E-state index contributed by atoms with van der Waals surface area (Å²) in [4.78, 5) is 26.0. The van der Waals surface area contributed by atoms with Crippen LogP contribution in [0.5, 0.6) is 0 Å². The van der Waals surface area contributed by atoms with Gasteiger partial charge in [0.2, 0.25) is 5.91 Å². The Morgan fingerprint density at radius 3 is 2.81 bits per heavy atom. The predicted octanol–water partition coefficient (Wildman–Crippen LogP) is 3.76. The summed E-state index contributed by atoms with van der Waals surface area (Å²) < 4.78 is 5.60. The maximum atomic E-state index is 12.5. The second-order valence-corrected chi connectivity index (χ2v) is 6.85. The van der Waals surface area contributed by atoms with Crippen molar-refractivity contribution in [3.63, 3.8) is 0 Å². The van der Waals surface area contributed by atoms with Crippen LogP contribution in [0.25, 0.3) is 11.0 Å². The lowest BCUT2D eigenvalue weighted by Gasteiger charge is -2.15. The van der Waals surface area contributed by atoms with Gasteiger partial charge in [-0.2, -0.15) is 0 Å². The molecule has 1 fully saturated rings. The Morgan fingerprint density at radius 1 is 1.22 bits per heavy atom. The minimum absolute atomic E-state index is 0.117. The molecule has 0 bridgehead atoms. The van der Waals surface area contributed by atoms with Gasteiger partial charge in [0.15, 0.2) is 0 Å². The number of amides is 3. The third-order valence-electron chi connectivity index (χ3n) is 4.92. The predicted molar refractivity (Wildman–Crippen MR) is 105 cm³/mol. The highest BCUT2D eigenvalue weighted by Gasteiger charge is 2.21. The van der Waals surface area contributed by atoms with Gasteiger partial charge in [0.25, 0.3) is 0 Å². The lowest BCUT2D eigenvalue weighted by Crippen LogP contribution is -2.27. The number of hydrogen-bond acceptors (Lipinski definition) is 3. The molecule has 1 saturated heterocycles. The molecule has 3 amide bonds. The van der Waals surface area contributed by atoms with Crippen molar-refractivity contribution in [2.24, 2.45) is 0 Å². The molecule has 138 valence electrons. The van der Waals surface area contributed by atoms with Crippen LogP contribution in [0.15, 0.2) is 47.1 Å². The molecule has 1 aromatic heterocycles. The number of aryl methyl sites for hydroxylation is 2. The van der Waals surface area contributed by atoms with Crippen LogP contribution in [-0.2, 0) is 11.2 Å². The fraction of sp³-hybridized carbons (Fsp3) is 0.238. The number of hydrogen-bond donors (Lipinski definition) is 2. The molecule has 1 aliphatic heterocycles. The van der Waals surface area contributed by atoms with E-state index in [1.165, 1.54) is 5.56 Å². The first-order chi connectivity index (χ1) is 13.0. The quantitative estimate of drug-likeness (QED) is 0.741. The standard InChI is InChI=1S/C21H21N3O3/c1-13-8-18-15(12-27-19(18)9-14(13)2)10-20(25)23-16-4-3-5-17(11-16)24-7-6-22-21(24)26/h3-5,8-9,11-12H,6-7,10H2,1-2H3,(H,22,26)(H,23,25). The number of nitrogens with one attached hydrogen (secondary N) is 2. The number of rotatable bonds is 4. The molecule has 2 aromatic carbocycles. The average molecular weight is 363 g/mol. The van der Waals surface area contributed by atoms with E-state index in [9.17, 15) is 9.59 Å². The van der Waals surface area contributed by atoms with Crippen LogP contribution in [-0.4, -0.2) is 25.0 Å². The molecule has 6 nitrogen and oxygen atoms in total. The molecular formula is C21H21N3O3. The molecule has 4 rings (SSSR count). The summed E-state index contributed by atoms with van der Waals surface area (Å²) in [6, 6.07) is 11.2. The number of urea groups is 1. The number of fused-ring (bicyclic) bond motifs is 1. The number of nitrogens with zero attached hydrogens (tertiary/aromatic N) is 1. The Balaban J connectivity index is 1.50. The number of furan rings is 1. The van der Waals surface area contributed by atoms with Crippen molar-refractivity contribution < 1.29 is 14.0 Å². The van der Waals surface area contributed by atoms with Crippen LogP contribution in [0, 0.1) is 13.8 Å². The summed E-state index contributed by atoms with van der Waals surface area (Å²) in [5, 5.41) is 6.65. The van der Waals surface area contributed by atoms with Crippen LogP contribution in [0.3, 0.4) is 0 Å². The summed E-state index contributed by atoms with van der Waals surface area (Å²) in [6.45, 7) is 5.33. The minimum atomic E-state index is -0.126. The van der Waals surface area contributed by atoms with Crippen molar-refractivity contribution in [3.05, 3.63) is 59.4 Å². The Labute approximate surface area is 157 Å². The molecule has 2 N–H and O–H groups in total. The van der Waals surface area contributed by atoms with Gasteiger partial charge >= 0.3 is 6.03 Å². The molecule has 0 aliphatic carbocycles. The van der Waals surface area contributed by atoms with Crippen LogP contribution in [0.2, 0.25) is 0 Å². The third-order valence-corrected chi connectivity index (χ3v) is 4.92. The second-order valence-electron chi connectivity index (χ2n) is 6.85. The number of benzene rings is 2. The average Bonchev–Trinajstić information content (AvgIpc) is 3.22. The highest BCUT2D eigenvalue weighted by molar-refractivity contribution is 5.97. The van der Waals surface area contributed by atoms with Gasteiger partial charge in [-0.05, 0) is 55.3 Å². The molecule has 0 spiro atoms. The van der Waals surface area contributed by atoms with E-state index in [0.29, 0.717) is 18.8 Å². The normalized spacial score (nSPS) is 13.9. The summed E-state index contributed by atoms with van der Waals surface area (Å²) in [5.41, 5.74) is 5.42. The number of carbonyl (C=O) groups excluding carboxylic acids is 2. The van der Waals surface area contributed by atoms with Gasteiger partial charge in [0, 0.05) is 35.4 Å². The van der Waals surface area contributed by atoms with E-state index in [4.69, 9.17) is 4.42 Å². The molecule has 0 unspecified atom stereocenters. The molecule has 6 heteroatoms. The van der Waals surface area contributed by atoms with E-state index < -0.39 is 0 Å². The lowest BCUT2D eigenvalue weighted by atomic mass is 10.0. The van der Waals surface area contributed by atoms with Gasteiger partial charge in [-0.15, -0.1) is 0 Å². The largest absolute Gasteiger partial charge is 0.464 e. The summed E-state index contributed by atoms with van der Waals surface area (Å²) in [7, 11) is 0. The van der Waals surface area contributed by atoms with Gasteiger partial charge in [-0.1, -0.05) is 6.07 Å². The Kier molecular flexibility index (Phi) is 4.32. The van der Waals surface area contributed by atoms with Crippen molar-refractivity contribution >= 4 is 34.3 Å². The first-order valence-corrected chi connectivity index (χ1v) is 8.94. The van der Waals surface area contributed by atoms with E-state index >= 15 is 0 Å². The van der Waals surface area contributed by atoms with Crippen LogP contribution < -0.4 is 15.5 Å². The van der Waals surface area contributed by atoms with Crippen molar-refractivity contribution in [1.82, 2.24) is 5.32 Å². The fourth-order valence-corrected chi connectivity index (χ4v) is 3.32. The van der Waals surface area contributed by atoms with E-state index in [2.05, 4.69) is 16.7 Å². The van der Waals surface area contributed by atoms with Gasteiger partial charge < -0.3 is 15.1 Å². The maximum Gasteiger partial charge on any atom is 0.321 e. The Morgan fingerprint density at radius 2 is 2.04 bits per heavy atom. The zero-order chi connectivity index (χ0) is 19.0. The molecule has 0 atom stereocenters. The SMILES string of the molecule is Cc1cc2occ(CC(=O)Nc3cccc(N4CCNC4=O)c3)c2cc1C. The van der Waals surface area contributed by atoms with Crippen LogP contribution >= 0.6 is 0 Å². The lowest BCUT2D eigenvalue weighted by molar-refractivity contribution is -0.115. The highest BCUT2D eigenvalue weighted by Crippen LogP contribution is 2.26. The Bertz CT molecular complexity index is 1040. The number of carbonyl (C=O) groups is 2. The molecular weight excluding hydrogens is 342 g/mol. The van der Waals surface area contributed by atoms with Crippen molar-refractivity contribution in [3.8, 4) is 0 Å². The third kappa shape index (κ3) is 3.38. The smallest absolute Gasteiger partial charge is 0.321 e. The molecule has 2 heterocycles. The topological polar surface area (TPSA) is 74.6 Å². The van der Waals surface area contributed by atoms with Crippen molar-refractivity contribution in [2.75, 3.05) is 23.3 Å². The van der Waals surface area contributed by atoms with E-state index in [-0.39, 0.29) is 18.4 Å². The molecule has 3 aromatic rings. The number of anilines is 2. The molecule has 1 aliphatic rings. The van der Waals surface area contributed by atoms with Crippen LogP contribution in [0.4, 0.5) is 16.2 Å². The summed E-state index contributed by atoms with van der Waals surface area (Å²) in [6.07, 6.45) is 1.87. The van der Waals surface area contributed by atoms with Gasteiger partial charge in [0.05, 0.1) is 12.7 Å².